The highest BCUT2D eigenvalue weighted by Crippen LogP contribution is 2.37. The monoisotopic (exact) mass is 518 g/mol. The first-order valence-corrected chi connectivity index (χ1v) is 11.8. The van der Waals surface area contributed by atoms with Gasteiger partial charge in [-0.25, -0.2) is 4.39 Å². The molecule has 0 radical (unpaired) electrons. The van der Waals surface area contributed by atoms with E-state index in [0.29, 0.717) is 11.3 Å². The predicted octanol–water partition coefficient (Wildman–Crippen LogP) is 3.73. The van der Waals surface area contributed by atoms with Crippen molar-refractivity contribution < 1.29 is 27.2 Å². The van der Waals surface area contributed by atoms with Gasteiger partial charge in [0, 0.05) is 12.6 Å². The van der Waals surface area contributed by atoms with E-state index in [-0.39, 0.29) is 30.6 Å². The van der Waals surface area contributed by atoms with Crippen molar-refractivity contribution in [2.45, 2.75) is 57.0 Å². The molecule has 2 N–H and O–H groups in total. The molecule has 0 bridgehead atoms. The van der Waals surface area contributed by atoms with Gasteiger partial charge in [-0.15, -0.1) is 5.10 Å². The molecule has 8 nitrogen and oxygen atoms in total. The smallest absolute Gasteiger partial charge is 0.342 e. The molecule has 2 aromatic heterocycles. The Bertz CT molecular complexity index is 1230. The van der Waals surface area contributed by atoms with Crippen LogP contribution in [-0.2, 0) is 22.2 Å². The zero-order valence-electron chi connectivity index (χ0n) is 20.2. The number of alkyl halides is 4. The van der Waals surface area contributed by atoms with Gasteiger partial charge in [-0.05, 0) is 23.1 Å². The molecule has 1 aliphatic rings. The summed E-state index contributed by atoms with van der Waals surface area (Å²) in [7, 11) is 0. The lowest BCUT2D eigenvalue weighted by molar-refractivity contribution is -0.138. The van der Waals surface area contributed by atoms with Crippen molar-refractivity contribution in [2.75, 3.05) is 6.54 Å². The van der Waals surface area contributed by atoms with Crippen LogP contribution >= 0.6 is 0 Å². The summed E-state index contributed by atoms with van der Waals surface area (Å²) in [6.07, 6.45) is -3.90. The summed E-state index contributed by atoms with van der Waals surface area (Å²) in [6.45, 7) is 3.01. The van der Waals surface area contributed by atoms with E-state index < -0.39 is 47.7 Å². The average molecular weight is 519 g/mol. The van der Waals surface area contributed by atoms with Crippen LogP contribution in [0.4, 0.5) is 17.6 Å². The Morgan fingerprint density at radius 2 is 1.92 bits per heavy atom. The molecule has 1 fully saturated rings. The van der Waals surface area contributed by atoms with Gasteiger partial charge < -0.3 is 10.2 Å². The van der Waals surface area contributed by atoms with E-state index in [1.54, 1.807) is 44.2 Å². The molecular weight excluding hydrogens is 492 g/mol. The number of nitrogens with zero attached hydrogens (tertiary/aromatic N) is 4. The molecule has 3 unspecified atom stereocenters. The number of likely N-dealkylation sites (tertiary alicyclic amines) is 1. The van der Waals surface area contributed by atoms with Crippen LogP contribution in [-0.4, -0.2) is 55.9 Å². The highest BCUT2D eigenvalue weighted by atomic mass is 19.4. The molecule has 3 aromatic rings. The number of aromatic nitrogens is 4. The number of aromatic amines is 1. The average Bonchev–Trinajstić information content (AvgIpc) is 3.51. The van der Waals surface area contributed by atoms with Crippen molar-refractivity contribution in [3.63, 3.8) is 0 Å². The van der Waals surface area contributed by atoms with Crippen LogP contribution in [0.3, 0.4) is 0 Å². The van der Waals surface area contributed by atoms with Gasteiger partial charge in [0.05, 0.1) is 42.2 Å². The summed E-state index contributed by atoms with van der Waals surface area (Å²) < 4.78 is 56.0. The number of carbonyl (C=O) groups is 2. The number of halogens is 4. The first kappa shape index (κ1) is 26.2. The van der Waals surface area contributed by atoms with Crippen LogP contribution in [0.5, 0.6) is 0 Å². The molecule has 1 aliphatic heterocycles. The molecule has 0 spiro atoms. The number of benzene rings is 1. The SMILES string of the molecule is CC(C)c1cnc(C(NC(=O)C2CC(F)CN2C(=O)Cc2cnn[nH]2)c2ccccc2)cc1C(F)(F)F. The first-order chi connectivity index (χ1) is 17.5. The zero-order chi connectivity index (χ0) is 26.7. The molecule has 1 saturated heterocycles. The molecule has 0 aliphatic carbocycles. The quantitative estimate of drug-likeness (QED) is 0.464. The molecule has 0 saturated carbocycles. The Balaban J connectivity index is 1.65. The van der Waals surface area contributed by atoms with Gasteiger partial charge in [0.1, 0.15) is 12.2 Å². The molecule has 12 heteroatoms. The summed E-state index contributed by atoms with van der Waals surface area (Å²) >= 11 is 0. The van der Waals surface area contributed by atoms with Gasteiger partial charge in [0.15, 0.2) is 0 Å². The number of nitrogens with one attached hydrogen (secondary N) is 2. The predicted molar refractivity (Wildman–Crippen MR) is 125 cm³/mol. The topological polar surface area (TPSA) is 104 Å². The second-order valence-electron chi connectivity index (χ2n) is 9.25. The Kier molecular flexibility index (Phi) is 7.55. The van der Waals surface area contributed by atoms with Gasteiger partial charge in [0.25, 0.3) is 0 Å². The van der Waals surface area contributed by atoms with Crippen LogP contribution in [0.2, 0.25) is 0 Å². The lowest BCUT2D eigenvalue weighted by Crippen LogP contribution is -2.47. The Labute approximate surface area is 210 Å². The summed E-state index contributed by atoms with van der Waals surface area (Å²) in [5.74, 6) is -1.61. The van der Waals surface area contributed by atoms with E-state index in [1.165, 1.54) is 12.4 Å². The molecule has 3 heterocycles. The third-order valence-corrected chi connectivity index (χ3v) is 6.28. The van der Waals surface area contributed by atoms with Gasteiger partial charge in [0.2, 0.25) is 11.8 Å². The Hall–Kier alpha value is -3.83. The van der Waals surface area contributed by atoms with E-state index in [9.17, 15) is 27.2 Å². The van der Waals surface area contributed by atoms with E-state index in [2.05, 4.69) is 25.7 Å². The van der Waals surface area contributed by atoms with Crippen molar-refractivity contribution in [1.29, 1.82) is 0 Å². The normalized spacial score (nSPS) is 18.7. The number of carbonyl (C=O) groups excluding carboxylic acids is 2. The van der Waals surface area contributed by atoms with Crippen molar-refractivity contribution in [1.82, 2.24) is 30.6 Å². The maximum absolute atomic E-state index is 14.4. The molecule has 4 rings (SSSR count). The molecule has 2 amide bonds. The molecule has 3 atom stereocenters. The zero-order valence-corrected chi connectivity index (χ0v) is 20.2. The number of rotatable bonds is 7. The maximum Gasteiger partial charge on any atom is 0.416 e. The minimum Gasteiger partial charge on any atom is -0.342 e. The Morgan fingerprint density at radius 1 is 1.19 bits per heavy atom. The number of pyridine rings is 1. The van der Waals surface area contributed by atoms with E-state index in [0.717, 1.165) is 11.0 Å². The fourth-order valence-corrected chi connectivity index (χ4v) is 4.44. The van der Waals surface area contributed by atoms with Crippen molar-refractivity contribution in [3.05, 3.63) is 76.9 Å². The van der Waals surface area contributed by atoms with Crippen LogP contribution in [0, 0.1) is 0 Å². The lowest BCUT2D eigenvalue weighted by atomic mass is 9.95. The second kappa shape index (κ2) is 10.7. The number of H-pyrrole nitrogens is 1. The summed E-state index contributed by atoms with van der Waals surface area (Å²) in [5, 5.41) is 12.4. The number of amides is 2. The third-order valence-electron chi connectivity index (χ3n) is 6.28. The summed E-state index contributed by atoms with van der Waals surface area (Å²) in [5.41, 5.74) is 0.0769. The summed E-state index contributed by atoms with van der Waals surface area (Å²) in [4.78, 5) is 31.6. The maximum atomic E-state index is 14.4. The Morgan fingerprint density at radius 3 is 2.54 bits per heavy atom. The van der Waals surface area contributed by atoms with Crippen LogP contribution < -0.4 is 5.32 Å². The van der Waals surface area contributed by atoms with Crippen molar-refractivity contribution in [3.8, 4) is 0 Å². The van der Waals surface area contributed by atoms with Crippen molar-refractivity contribution in [2.24, 2.45) is 0 Å². The number of hydrogen-bond acceptors (Lipinski definition) is 5. The third kappa shape index (κ3) is 5.95. The van der Waals surface area contributed by atoms with Gasteiger partial charge in [-0.3, -0.25) is 19.7 Å². The van der Waals surface area contributed by atoms with E-state index >= 15 is 0 Å². The highest BCUT2D eigenvalue weighted by molar-refractivity contribution is 5.89. The van der Waals surface area contributed by atoms with Crippen LogP contribution in [0.15, 0.2) is 48.8 Å². The fraction of sp³-hybridized carbons (Fsp3) is 0.400. The molecule has 37 heavy (non-hydrogen) atoms. The van der Waals surface area contributed by atoms with Crippen LogP contribution in [0.25, 0.3) is 0 Å². The minimum absolute atomic E-state index is 0.0209. The fourth-order valence-electron chi connectivity index (χ4n) is 4.44. The summed E-state index contributed by atoms with van der Waals surface area (Å²) in [6, 6.07) is 7.15. The van der Waals surface area contributed by atoms with E-state index in [4.69, 9.17) is 0 Å². The minimum atomic E-state index is -4.62. The van der Waals surface area contributed by atoms with Gasteiger partial charge in [-0.1, -0.05) is 49.4 Å². The standard InChI is InChI=1S/C25H26F4N6O2/c1-14(2)18-12-30-20(10-19(18)25(27,28)29)23(15-6-4-3-5-7-15)32-24(37)21-8-16(26)13-35(21)22(36)9-17-11-31-34-33-17/h3-7,10-12,14,16,21,23H,8-9,13H2,1-2H3,(H,32,37)(H,31,33,34). The first-order valence-electron chi connectivity index (χ1n) is 11.8. The number of hydrogen-bond donors (Lipinski definition) is 2. The largest absolute Gasteiger partial charge is 0.416 e. The van der Waals surface area contributed by atoms with E-state index in [1.807, 2.05) is 0 Å². The van der Waals surface area contributed by atoms with Crippen molar-refractivity contribution >= 4 is 11.8 Å². The molecule has 196 valence electrons. The highest BCUT2D eigenvalue weighted by Gasteiger charge is 2.41. The van der Waals surface area contributed by atoms with Gasteiger partial charge in [-0.2, -0.15) is 13.2 Å². The lowest BCUT2D eigenvalue weighted by Gasteiger charge is -2.27. The second-order valence-corrected chi connectivity index (χ2v) is 9.25. The van der Waals surface area contributed by atoms with Crippen LogP contribution in [0.1, 0.15) is 60.3 Å². The van der Waals surface area contributed by atoms with Gasteiger partial charge >= 0.3 is 6.18 Å². The molecular formula is C25H26F4N6O2. The molecule has 1 aromatic carbocycles.